The standard InChI is InChI=1S/C16H25NO5/c1-2-21-16(19)13-5-3-7-17(9-13)10-14(18)11-20-12-15-6-4-8-22-15/h4,6,8,13-14,18H,2-3,5,7,9-12H2,1H3/t13-,14-/m1/s1. The molecule has 124 valence electrons. The van der Waals surface area contributed by atoms with E-state index in [2.05, 4.69) is 4.90 Å². The van der Waals surface area contributed by atoms with Gasteiger partial charge in [-0.15, -0.1) is 0 Å². The van der Waals surface area contributed by atoms with Crippen LogP contribution < -0.4 is 0 Å². The maximum absolute atomic E-state index is 11.8. The van der Waals surface area contributed by atoms with Crippen molar-refractivity contribution in [2.45, 2.75) is 32.5 Å². The van der Waals surface area contributed by atoms with E-state index in [1.807, 2.05) is 13.0 Å². The van der Waals surface area contributed by atoms with Crippen molar-refractivity contribution in [1.29, 1.82) is 0 Å². The first-order valence-electron chi connectivity index (χ1n) is 7.86. The van der Waals surface area contributed by atoms with Crippen molar-refractivity contribution >= 4 is 5.97 Å². The molecule has 0 aromatic carbocycles. The lowest BCUT2D eigenvalue weighted by atomic mass is 9.98. The van der Waals surface area contributed by atoms with Crippen molar-refractivity contribution in [3.05, 3.63) is 24.2 Å². The van der Waals surface area contributed by atoms with Gasteiger partial charge < -0.3 is 19.0 Å². The number of esters is 1. The molecule has 1 aromatic heterocycles. The molecule has 1 saturated heterocycles. The third-order valence-electron chi connectivity index (χ3n) is 3.73. The van der Waals surface area contributed by atoms with Gasteiger partial charge in [0.15, 0.2) is 0 Å². The first kappa shape index (κ1) is 17.0. The molecule has 0 radical (unpaired) electrons. The minimum atomic E-state index is -0.573. The maximum atomic E-state index is 11.8. The molecule has 0 bridgehead atoms. The predicted molar refractivity (Wildman–Crippen MR) is 80.2 cm³/mol. The Kier molecular flexibility index (Phi) is 6.89. The number of piperidine rings is 1. The van der Waals surface area contributed by atoms with E-state index in [9.17, 15) is 9.90 Å². The summed E-state index contributed by atoms with van der Waals surface area (Å²) in [6, 6.07) is 3.64. The van der Waals surface area contributed by atoms with E-state index < -0.39 is 6.10 Å². The van der Waals surface area contributed by atoms with Crippen LogP contribution in [-0.4, -0.2) is 54.9 Å². The molecule has 1 aliphatic rings. The molecule has 6 nitrogen and oxygen atoms in total. The van der Waals surface area contributed by atoms with Crippen molar-refractivity contribution in [3.8, 4) is 0 Å². The molecule has 0 amide bonds. The molecule has 1 aromatic rings. The average Bonchev–Trinajstić information content (AvgIpc) is 3.01. The number of aliphatic hydroxyl groups is 1. The fraction of sp³-hybridized carbons (Fsp3) is 0.688. The van der Waals surface area contributed by atoms with Gasteiger partial charge in [-0.05, 0) is 38.4 Å². The van der Waals surface area contributed by atoms with E-state index in [1.165, 1.54) is 0 Å². The Labute approximate surface area is 131 Å². The van der Waals surface area contributed by atoms with Gasteiger partial charge in [0, 0.05) is 13.1 Å². The summed E-state index contributed by atoms with van der Waals surface area (Å²) in [6.45, 7) is 4.89. The number of rotatable bonds is 8. The molecule has 2 atom stereocenters. The lowest BCUT2D eigenvalue weighted by Crippen LogP contribution is -2.43. The molecule has 0 saturated carbocycles. The van der Waals surface area contributed by atoms with Gasteiger partial charge in [0.2, 0.25) is 0 Å². The Morgan fingerprint density at radius 1 is 1.59 bits per heavy atom. The van der Waals surface area contributed by atoms with Crippen LogP contribution >= 0.6 is 0 Å². The number of carbonyl (C=O) groups excluding carboxylic acids is 1. The first-order valence-corrected chi connectivity index (χ1v) is 7.86. The summed E-state index contributed by atoms with van der Waals surface area (Å²) in [5.74, 6) is 0.535. The quantitative estimate of drug-likeness (QED) is 0.732. The van der Waals surface area contributed by atoms with Gasteiger partial charge in [-0.25, -0.2) is 0 Å². The third-order valence-corrected chi connectivity index (χ3v) is 3.73. The minimum Gasteiger partial charge on any atom is -0.467 e. The second-order valence-electron chi connectivity index (χ2n) is 5.60. The second kappa shape index (κ2) is 8.92. The van der Waals surface area contributed by atoms with E-state index in [0.717, 1.165) is 25.1 Å². The van der Waals surface area contributed by atoms with E-state index in [-0.39, 0.29) is 18.5 Å². The van der Waals surface area contributed by atoms with Crippen molar-refractivity contribution in [3.63, 3.8) is 0 Å². The smallest absolute Gasteiger partial charge is 0.310 e. The number of β-amino-alcohol motifs (C(OH)–C–C–N with tert-alkyl or cyclic N) is 1. The maximum Gasteiger partial charge on any atom is 0.310 e. The normalized spacial score (nSPS) is 20.7. The minimum absolute atomic E-state index is 0.0788. The molecule has 1 N–H and O–H groups in total. The number of hydrogen-bond acceptors (Lipinski definition) is 6. The Morgan fingerprint density at radius 3 is 3.18 bits per heavy atom. The highest BCUT2D eigenvalue weighted by atomic mass is 16.5. The van der Waals surface area contributed by atoms with E-state index in [0.29, 0.717) is 26.3 Å². The van der Waals surface area contributed by atoms with Crippen LogP contribution in [0.4, 0.5) is 0 Å². The van der Waals surface area contributed by atoms with Crippen LogP contribution in [0.1, 0.15) is 25.5 Å². The van der Waals surface area contributed by atoms with Gasteiger partial charge in [-0.2, -0.15) is 0 Å². The van der Waals surface area contributed by atoms with Crippen molar-refractivity contribution < 1.29 is 23.8 Å². The molecule has 2 heterocycles. The van der Waals surface area contributed by atoms with Crippen LogP contribution in [0.25, 0.3) is 0 Å². The number of likely N-dealkylation sites (tertiary alicyclic amines) is 1. The third kappa shape index (κ3) is 5.44. The van der Waals surface area contributed by atoms with Gasteiger partial charge in [-0.1, -0.05) is 0 Å². The summed E-state index contributed by atoms with van der Waals surface area (Å²) in [5.41, 5.74) is 0. The SMILES string of the molecule is CCOC(=O)[C@@H]1CCCN(C[C@@H](O)COCc2ccco2)C1. The lowest BCUT2D eigenvalue weighted by Gasteiger charge is -2.32. The summed E-state index contributed by atoms with van der Waals surface area (Å²) < 4.78 is 15.7. The number of furan rings is 1. The summed E-state index contributed by atoms with van der Waals surface area (Å²) in [6.07, 6.45) is 2.83. The Morgan fingerprint density at radius 2 is 2.45 bits per heavy atom. The Balaban J connectivity index is 1.67. The molecule has 0 aliphatic carbocycles. The molecular formula is C16H25NO5. The van der Waals surface area contributed by atoms with Crippen LogP contribution in [0.2, 0.25) is 0 Å². The number of ether oxygens (including phenoxy) is 2. The fourth-order valence-electron chi connectivity index (χ4n) is 2.71. The topological polar surface area (TPSA) is 72.1 Å². The zero-order chi connectivity index (χ0) is 15.8. The monoisotopic (exact) mass is 311 g/mol. The van der Waals surface area contributed by atoms with Crippen LogP contribution in [0.5, 0.6) is 0 Å². The second-order valence-corrected chi connectivity index (χ2v) is 5.60. The Hall–Kier alpha value is -1.37. The molecule has 2 rings (SSSR count). The molecule has 0 spiro atoms. The van der Waals surface area contributed by atoms with Crippen LogP contribution in [0.15, 0.2) is 22.8 Å². The van der Waals surface area contributed by atoms with E-state index in [4.69, 9.17) is 13.9 Å². The lowest BCUT2D eigenvalue weighted by molar-refractivity contribution is -0.150. The molecular weight excluding hydrogens is 286 g/mol. The summed E-state index contributed by atoms with van der Waals surface area (Å²) in [7, 11) is 0. The van der Waals surface area contributed by atoms with Gasteiger partial charge in [0.25, 0.3) is 0 Å². The molecule has 22 heavy (non-hydrogen) atoms. The van der Waals surface area contributed by atoms with E-state index in [1.54, 1.807) is 12.3 Å². The van der Waals surface area contributed by atoms with Crippen molar-refractivity contribution in [1.82, 2.24) is 4.90 Å². The Bertz CT molecular complexity index is 434. The molecule has 0 unspecified atom stereocenters. The van der Waals surface area contributed by atoms with Crippen molar-refractivity contribution in [2.75, 3.05) is 32.8 Å². The van der Waals surface area contributed by atoms with Gasteiger partial charge in [0.05, 0.1) is 31.5 Å². The zero-order valence-electron chi connectivity index (χ0n) is 13.1. The van der Waals surface area contributed by atoms with E-state index >= 15 is 0 Å². The molecule has 1 aliphatic heterocycles. The van der Waals surface area contributed by atoms with Gasteiger partial charge >= 0.3 is 5.97 Å². The highest BCUT2D eigenvalue weighted by Crippen LogP contribution is 2.18. The highest BCUT2D eigenvalue weighted by molar-refractivity contribution is 5.72. The number of aliphatic hydroxyl groups excluding tert-OH is 1. The molecule has 6 heteroatoms. The zero-order valence-corrected chi connectivity index (χ0v) is 13.1. The van der Waals surface area contributed by atoms with Gasteiger partial charge in [0.1, 0.15) is 12.4 Å². The van der Waals surface area contributed by atoms with Gasteiger partial charge in [-0.3, -0.25) is 9.69 Å². The van der Waals surface area contributed by atoms with Crippen LogP contribution in [0.3, 0.4) is 0 Å². The van der Waals surface area contributed by atoms with Crippen LogP contribution in [-0.2, 0) is 20.9 Å². The number of hydrogen-bond donors (Lipinski definition) is 1. The largest absolute Gasteiger partial charge is 0.467 e. The average molecular weight is 311 g/mol. The van der Waals surface area contributed by atoms with Crippen molar-refractivity contribution in [2.24, 2.45) is 5.92 Å². The summed E-state index contributed by atoms with van der Waals surface area (Å²) >= 11 is 0. The predicted octanol–water partition coefficient (Wildman–Crippen LogP) is 1.43. The first-order chi connectivity index (χ1) is 10.7. The fourth-order valence-corrected chi connectivity index (χ4v) is 2.71. The number of nitrogens with zero attached hydrogens (tertiary/aromatic N) is 1. The number of carbonyl (C=O) groups is 1. The molecule has 1 fully saturated rings. The summed E-state index contributed by atoms with van der Waals surface area (Å²) in [4.78, 5) is 13.9. The van der Waals surface area contributed by atoms with Crippen LogP contribution in [0, 0.1) is 5.92 Å². The highest BCUT2D eigenvalue weighted by Gasteiger charge is 2.27. The summed E-state index contributed by atoms with van der Waals surface area (Å²) in [5, 5.41) is 10.0.